The molecule has 0 aromatic heterocycles. The van der Waals surface area contributed by atoms with Gasteiger partial charge in [-0.15, -0.1) is 0 Å². The summed E-state index contributed by atoms with van der Waals surface area (Å²) >= 11 is 0. The predicted molar refractivity (Wildman–Crippen MR) is 89.9 cm³/mol. The Bertz CT molecular complexity index is 661. The fourth-order valence-corrected chi connectivity index (χ4v) is 4.22. The molecule has 0 N–H and O–H groups in total. The molecule has 2 aromatic carbocycles. The van der Waals surface area contributed by atoms with E-state index in [1.807, 2.05) is 0 Å². The van der Waals surface area contributed by atoms with Crippen LogP contribution in [-0.2, 0) is 4.74 Å². The Kier molecular flexibility index (Phi) is 3.14. The largest absolute Gasteiger partial charge is 0.370 e. The first-order valence-electron chi connectivity index (χ1n) is 8.15. The SMILES string of the molecule is C[C@H]1CN(C2c3ccccc3-c3ccccc32)CC(C)(C)O1. The molecule has 4 rings (SSSR count). The second kappa shape index (κ2) is 4.94. The predicted octanol–water partition coefficient (Wildman–Crippen LogP) is 4.26. The summed E-state index contributed by atoms with van der Waals surface area (Å²) < 4.78 is 6.10. The number of benzene rings is 2. The third-order valence-electron chi connectivity index (χ3n) is 4.76. The van der Waals surface area contributed by atoms with Crippen LogP contribution in [0.15, 0.2) is 48.5 Å². The van der Waals surface area contributed by atoms with Gasteiger partial charge in [-0.2, -0.15) is 0 Å². The van der Waals surface area contributed by atoms with E-state index in [2.05, 4.69) is 74.2 Å². The average Bonchev–Trinajstić information content (AvgIpc) is 2.79. The normalized spacial score (nSPS) is 24.0. The van der Waals surface area contributed by atoms with Gasteiger partial charge in [-0.3, -0.25) is 4.90 Å². The summed E-state index contributed by atoms with van der Waals surface area (Å²) in [4.78, 5) is 2.60. The molecular weight excluding hydrogens is 270 g/mol. The van der Waals surface area contributed by atoms with Crippen LogP contribution < -0.4 is 0 Å². The van der Waals surface area contributed by atoms with Gasteiger partial charge in [0.1, 0.15) is 0 Å². The molecule has 1 fully saturated rings. The van der Waals surface area contributed by atoms with Gasteiger partial charge in [0.25, 0.3) is 0 Å². The van der Waals surface area contributed by atoms with Gasteiger partial charge in [-0.25, -0.2) is 0 Å². The van der Waals surface area contributed by atoms with E-state index in [1.54, 1.807) is 0 Å². The van der Waals surface area contributed by atoms with E-state index in [0.29, 0.717) is 6.04 Å². The van der Waals surface area contributed by atoms with Crippen molar-refractivity contribution >= 4 is 0 Å². The van der Waals surface area contributed by atoms with Gasteiger partial charge in [0.15, 0.2) is 0 Å². The summed E-state index contributed by atoms with van der Waals surface area (Å²) in [5, 5.41) is 0. The molecule has 0 saturated carbocycles. The lowest BCUT2D eigenvalue weighted by molar-refractivity contribution is -0.135. The molecule has 0 unspecified atom stereocenters. The van der Waals surface area contributed by atoms with Crippen LogP contribution in [-0.4, -0.2) is 29.7 Å². The van der Waals surface area contributed by atoms with Gasteiger partial charge in [0, 0.05) is 13.1 Å². The maximum atomic E-state index is 6.10. The lowest BCUT2D eigenvalue weighted by atomic mass is 9.98. The molecule has 2 heteroatoms. The van der Waals surface area contributed by atoms with E-state index in [9.17, 15) is 0 Å². The number of ether oxygens (including phenoxy) is 1. The monoisotopic (exact) mass is 293 g/mol. The topological polar surface area (TPSA) is 12.5 Å². The Hall–Kier alpha value is -1.64. The van der Waals surface area contributed by atoms with Crippen molar-refractivity contribution in [1.82, 2.24) is 4.90 Å². The molecule has 2 aliphatic rings. The molecular formula is C20H23NO. The Morgan fingerprint density at radius 3 is 2.05 bits per heavy atom. The minimum Gasteiger partial charge on any atom is -0.370 e. The molecule has 114 valence electrons. The summed E-state index contributed by atoms with van der Waals surface area (Å²) in [5.41, 5.74) is 5.56. The number of fused-ring (bicyclic) bond motifs is 3. The fourth-order valence-electron chi connectivity index (χ4n) is 4.22. The lowest BCUT2D eigenvalue weighted by Crippen LogP contribution is -2.52. The fraction of sp³-hybridized carbons (Fsp3) is 0.400. The number of morpholine rings is 1. The third-order valence-corrected chi connectivity index (χ3v) is 4.76. The molecule has 1 atom stereocenters. The van der Waals surface area contributed by atoms with Crippen LogP contribution in [0.2, 0.25) is 0 Å². The van der Waals surface area contributed by atoms with Gasteiger partial charge >= 0.3 is 0 Å². The van der Waals surface area contributed by atoms with Crippen LogP contribution in [0.1, 0.15) is 37.9 Å². The molecule has 1 heterocycles. The van der Waals surface area contributed by atoms with Crippen molar-refractivity contribution < 1.29 is 4.74 Å². The second-order valence-corrected chi connectivity index (χ2v) is 7.19. The van der Waals surface area contributed by atoms with E-state index in [0.717, 1.165) is 13.1 Å². The summed E-state index contributed by atoms with van der Waals surface area (Å²) in [6, 6.07) is 18.0. The van der Waals surface area contributed by atoms with Gasteiger partial charge in [-0.05, 0) is 43.0 Å². The molecule has 2 aromatic rings. The minimum absolute atomic E-state index is 0.0931. The number of hydrogen-bond donors (Lipinski definition) is 0. The lowest BCUT2D eigenvalue weighted by Gasteiger charge is -2.44. The molecule has 1 aliphatic carbocycles. The van der Waals surface area contributed by atoms with E-state index in [4.69, 9.17) is 4.74 Å². The van der Waals surface area contributed by atoms with Crippen molar-refractivity contribution in [2.75, 3.05) is 13.1 Å². The van der Waals surface area contributed by atoms with Crippen LogP contribution in [0.4, 0.5) is 0 Å². The van der Waals surface area contributed by atoms with Crippen molar-refractivity contribution in [2.45, 2.75) is 38.5 Å². The molecule has 1 aliphatic heterocycles. The molecule has 1 saturated heterocycles. The van der Waals surface area contributed by atoms with Crippen LogP contribution in [0.5, 0.6) is 0 Å². The third kappa shape index (κ3) is 2.18. The zero-order valence-electron chi connectivity index (χ0n) is 13.5. The Morgan fingerprint density at radius 1 is 0.955 bits per heavy atom. The quantitative estimate of drug-likeness (QED) is 0.779. The van der Waals surface area contributed by atoms with Crippen molar-refractivity contribution in [2.24, 2.45) is 0 Å². The first-order chi connectivity index (χ1) is 10.6. The second-order valence-electron chi connectivity index (χ2n) is 7.19. The van der Waals surface area contributed by atoms with E-state index in [1.165, 1.54) is 22.3 Å². The highest BCUT2D eigenvalue weighted by Crippen LogP contribution is 2.47. The highest BCUT2D eigenvalue weighted by Gasteiger charge is 2.39. The molecule has 2 nitrogen and oxygen atoms in total. The van der Waals surface area contributed by atoms with Crippen molar-refractivity contribution in [3.63, 3.8) is 0 Å². The molecule has 0 radical (unpaired) electrons. The first-order valence-corrected chi connectivity index (χ1v) is 8.15. The van der Waals surface area contributed by atoms with E-state index in [-0.39, 0.29) is 11.7 Å². The average molecular weight is 293 g/mol. The van der Waals surface area contributed by atoms with Gasteiger partial charge in [0.2, 0.25) is 0 Å². The van der Waals surface area contributed by atoms with E-state index < -0.39 is 0 Å². The Morgan fingerprint density at radius 2 is 1.50 bits per heavy atom. The summed E-state index contributed by atoms with van der Waals surface area (Å²) in [5.74, 6) is 0. The van der Waals surface area contributed by atoms with Gasteiger partial charge in [0.05, 0.1) is 17.7 Å². The summed E-state index contributed by atoms with van der Waals surface area (Å²) in [6.07, 6.45) is 0.267. The van der Waals surface area contributed by atoms with E-state index >= 15 is 0 Å². The maximum absolute atomic E-state index is 6.10. The molecule has 0 amide bonds. The standard InChI is InChI=1S/C20H23NO/c1-14-12-21(13-20(2,3)22-14)19-17-10-6-4-8-15(17)16-9-5-7-11-18(16)19/h4-11,14,19H,12-13H2,1-3H3/t14-/m0/s1. The minimum atomic E-state index is -0.0931. The molecule has 22 heavy (non-hydrogen) atoms. The first kappa shape index (κ1) is 14.0. The number of rotatable bonds is 1. The molecule has 0 spiro atoms. The van der Waals surface area contributed by atoms with Crippen LogP contribution in [0.3, 0.4) is 0 Å². The van der Waals surface area contributed by atoms with Crippen molar-refractivity contribution in [3.05, 3.63) is 59.7 Å². The van der Waals surface area contributed by atoms with Crippen LogP contribution in [0, 0.1) is 0 Å². The Labute approximate surface area is 132 Å². The van der Waals surface area contributed by atoms with Crippen LogP contribution in [0.25, 0.3) is 11.1 Å². The number of hydrogen-bond acceptors (Lipinski definition) is 2. The van der Waals surface area contributed by atoms with Gasteiger partial charge in [-0.1, -0.05) is 48.5 Å². The number of nitrogens with zero attached hydrogens (tertiary/aromatic N) is 1. The van der Waals surface area contributed by atoms with Crippen LogP contribution >= 0.6 is 0 Å². The zero-order valence-corrected chi connectivity index (χ0v) is 13.5. The maximum Gasteiger partial charge on any atom is 0.0757 e. The van der Waals surface area contributed by atoms with Crippen molar-refractivity contribution in [3.8, 4) is 11.1 Å². The molecule has 0 bridgehead atoms. The summed E-state index contributed by atoms with van der Waals surface area (Å²) in [6.45, 7) is 8.52. The highest BCUT2D eigenvalue weighted by atomic mass is 16.5. The Balaban J connectivity index is 1.81. The highest BCUT2D eigenvalue weighted by molar-refractivity contribution is 5.78. The van der Waals surface area contributed by atoms with Gasteiger partial charge < -0.3 is 4.74 Å². The van der Waals surface area contributed by atoms with Crippen molar-refractivity contribution in [1.29, 1.82) is 0 Å². The summed E-state index contributed by atoms with van der Waals surface area (Å²) in [7, 11) is 0. The zero-order chi connectivity index (χ0) is 15.3. The smallest absolute Gasteiger partial charge is 0.0757 e.